The number of pyridine rings is 1. The van der Waals surface area contributed by atoms with Crippen molar-refractivity contribution in [3.8, 4) is 11.6 Å². The highest BCUT2D eigenvalue weighted by atomic mass is 35.5. The number of ether oxygens (including phenoxy) is 3. The summed E-state index contributed by atoms with van der Waals surface area (Å²) in [6.07, 6.45) is -2.36. The zero-order valence-corrected chi connectivity index (χ0v) is 23.9. The Hall–Kier alpha value is -3.84. The number of halogens is 5. The molecule has 0 amide bonds. The number of hydrogen-bond acceptors (Lipinski definition) is 7. The molecule has 1 unspecified atom stereocenters. The summed E-state index contributed by atoms with van der Waals surface area (Å²) in [5.41, 5.74) is -0.751. The number of anilines is 1. The van der Waals surface area contributed by atoms with E-state index in [9.17, 15) is 30.8 Å². The summed E-state index contributed by atoms with van der Waals surface area (Å²) in [4.78, 5) is 14.6. The van der Waals surface area contributed by atoms with E-state index in [0.717, 1.165) is 4.31 Å². The van der Waals surface area contributed by atoms with Gasteiger partial charge < -0.3 is 14.2 Å². The number of aromatic nitrogens is 1. The SMILES string of the molecule is CCOc1ncc(C(F)(F)F)cc1S(=O)(=O)N1CC(CCC(=O)OC)Oc2ccc(C=Cc3c(F)cccc3Cl)cc21. The van der Waals surface area contributed by atoms with Gasteiger partial charge in [0.25, 0.3) is 10.0 Å². The average molecular weight is 629 g/mol. The average Bonchev–Trinajstić information content (AvgIpc) is 2.94. The lowest BCUT2D eigenvalue weighted by Gasteiger charge is -2.36. The van der Waals surface area contributed by atoms with Crippen molar-refractivity contribution < 1.29 is 45.0 Å². The number of methoxy groups -OCH3 is 1. The van der Waals surface area contributed by atoms with Gasteiger partial charge in [-0.1, -0.05) is 29.8 Å². The molecule has 1 aliphatic heterocycles. The predicted molar refractivity (Wildman–Crippen MR) is 147 cm³/mol. The second kappa shape index (κ2) is 12.6. The van der Waals surface area contributed by atoms with E-state index in [4.69, 9.17) is 21.1 Å². The molecule has 224 valence electrons. The number of carbonyl (C=O) groups is 1. The van der Waals surface area contributed by atoms with Crippen molar-refractivity contribution in [2.24, 2.45) is 0 Å². The van der Waals surface area contributed by atoms with Crippen LogP contribution in [0.4, 0.5) is 23.2 Å². The molecule has 2 heterocycles. The van der Waals surface area contributed by atoms with E-state index < -0.39 is 50.4 Å². The van der Waals surface area contributed by atoms with Gasteiger partial charge >= 0.3 is 12.1 Å². The fourth-order valence-corrected chi connectivity index (χ4v) is 6.01. The van der Waals surface area contributed by atoms with Crippen LogP contribution in [0.2, 0.25) is 5.02 Å². The number of benzene rings is 2. The van der Waals surface area contributed by atoms with Gasteiger partial charge in [0.2, 0.25) is 5.88 Å². The number of alkyl halides is 3. The Morgan fingerprint density at radius 2 is 1.98 bits per heavy atom. The minimum atomic E-state index is -4.88. The smallest absolute Gasteiger partial charge is 0.417 e. The van der Waals surface area contributed by atoms with Crippen molar-refractivity contribution in [3.05, 3.63) is 76.2 Å². The molecule has 0 spiro atoms. The van der Waals surface area contributed by atoms with Crippen molar-refractivity contribution in [1.82, 2.24) is 4.98 Å². The zero-order chi connectivity index (χ0) is 30.7. The molecule has 3 aromatic rings. The van der Waals surface area contributed by atoms with Crippen LogP contribution in [-0.4, -0.2) is 45.7 Å². The highest BCUT2D eigenvalue weighted by Crippen LogP contribution is 2.41. The molecular weight excluding hydrogens is 604 g/mol. The van der Waals surface area contributed by atoms with Gasteiger partial charge in [0.05, 0.1) is 36.5 Å². The summed E-state index contributed by atoms with van der Waals surface area (Å²) in [7, 11) is -3.54. The monoisotopic (exact) mass is 628 g/mol. The Balaban J connectivity index is 1.82. The molecule has 1 atom stereocenters. The summed E-state index contributed by atoms with van der Waals surface area (Å²) < 4.78 is 99.9. The minimum Gasteiger partial charge on any atom is -0.486 e. The number of hydrogen-bond donors (Lipinski definition) is 0. The molecule has 0 aliphatic carbocycles. The second-order valence-corrected chi connectivity index (χ2v) is 11.3. The zero-order valence-electron chi connectivity index (χ0n) is 22.3. The molecule has 1 aromatic heterocycles. The van der Waals surface area contributed by atoms with Gasteiger partial charge in [0, 0.05) is 18.2 Å². The first-order valence-corrected chi connectivity index (χ1v) is 14.4. The van der Waals surface area contributed by atoms with Crippen molar-refractivity contribution in [3.63, 3.8) is 0 Å². The van der Waals surface area contributed by atoms with Gasteiger partial charge in [-0.05, 0) is 55.3 Å². The summed E-state index contributed by atoms with van der Waals surface area (Å²) in [5, 5.41) is 0.158. The summed E-state index contributed by atoms with van der Waals surface area (Å²) in [6, 6.07) is 9.13. The van der Waals surface area contributed by atoms with Crippen LogP contribution in [-0.2, 0) is 25.7 Å². The van der Waals surface area contributed by atoms with Crippen LogP contribution in [0.1, 0.15) is 36.5 Å². The molecule has 0 radical (unpaired) electrons. The number of rotatable bonds is 9. The molecule has 14 heteroatoms. The van der Waals surface area contributed by atoms with Crippen LogP contribution < -0.4 is 13.8 Å². The van der Waals surface area contributed by atoms with Crippen molar-refractivity contribution in [1.29, 1.82) is 0 Å². The lowest BCUT2D eigenvalue weighted by Crippen LogP contribution is -2.44. The van der Waals surface area contributed by atoms with Gasteiger partial charge in [0.15, 0.2) is 4.90 Å². The summed E-state index contributed by atoms with van der Waals surface area (Å²) in [5.74, 6) is -1.53. The topological polar surface area (TPSA) is 95.0 Å². The Kier molecular flexibility index (Phi) is 9.31. The van der Waals surface area contributed by atoms with Gasteiger partial charge in [-0.25, -0.2) is 17.8 Å². The Morgan fingerprint density at radius 1 is 1.21 bits per heavy atom. The molecule has 0 N–H and O–H groups in total. The van der Waals surface area contributed by atoms with Crippen molar-refractivity contribution >= 4 is 45.4 Å². The maximum Gasteiger partial charge on any atom is 0.417 e. The second-order valence-electron chi connectivity index (χ2n) is 9.04. The van der Waals surface area contributed by atoms with Crippen LogP contribution in [0.15, 0.2) is 53.6 Å². The minimum absolute atomic E-state index is 0.00552. The molecule has 4 rings (SSSR count). The number of sulfonamides is 1. The lowest BCUT2D eigenvalue weighted by molar-refractivity contribution is -0.141. The summed E-state index contributed by atoms with van der Waals surface area (Å²) >= 11 is 6.10. The third-order valence-corrected chi connectivity index (χ3v) is 8.35. The normalized spacial score (nSPS) is 15.3. The highest BCUT2D eigenvalue weighted by Gasteiger charge is 2.39. The van der Waals surface area contributed by atoms with Crippen LogP contribution in [0, 0.1) is 5.82 Å². The van der Waals surface area contributed by atoms with Crippen LogP contribution in [0.3, 0.4) is 0 Å². The van der Waals surface area contributed by atoms with Gasteiger partial charge in [-0.15, -0.1) is 0 Å². The van der Waals surface area contributed by atoms with E-state index in [1.54, 1.807) is 6.07 Å². The molecule has 42 heavy (non-hydrogen) atoms. The Labute approximate surface area is 244 Å². The van der Waals surface area contributed by atoms with Crippen molar-refractivity contribution in [2.45, 2.75) is 36.9 Å². The molecule has 0 saturated heterocycles. The van der Waals surface area contributed by atoms with E-state index in [1.807, 2.05) is 0 Å². The summed E-state index contributed by atoms with van der Waals surface area (Å²) in [6.45, 7) is 1.12. The predicted octanol–water partition coefficient (Wildman–Crippen LogP) is 6.37. The quantitative estimate of drug-likeness (QED) is 0.154. The van der Waals surface area contributed by atoms with E-state index in [1.165, 1.54) is 56.5 Å². The number of nitrogens with zero attached hydrogens (tertiary/aromatic N) is 2. The third-order valence-electron chi connectivity index (χ3n) is 6.25. The van der Waals surface area contributed by atoms with Gasteiger partial charge in [0.1, 0.15) is 17.7 Å². The van der Waals surface area contributed by atoms with Crippen molar-refractivity contribution in [2.75, 3.05) is 24.6 Å². The Morgan fingerprint density at radius 3 is 2.64 bits per heavy atom. The largest absolute Gasteiger partial charge is 0.486 e. The maximum absolute atomic E-state index is 14.3. The first-order chi connectivity index (χ1) is 19.8. The van der Waals surface area contributed by atoms with Crippen LogP contribution in [0.5, 0.6) is 11.6 Å². The van der Waals surface area contributed by atoms with Crippen LogP contribution >= 0.6 is 11.6 Å². The number of carbonyl (C=O) groups excluding carboxylic acids is 1. The first kappa shape index (κ1) is 31.1. The third kappa shape index (κ3) is 6.79. The van der Waals surface area contributed by atoms with E-state index in [0.29, 0.717) is 17.8 Å². The molecule has 0 bridgehead atoms. The molecule has 0 saturated carbocycles. The molecule has 2 aromatic carbocycles. The van der Waals surface area contributed by atoms with E-state index in [2.05, 4.69) is 9.72 Å². The van der Waals surface area contributed by atoms with Gasteiger partial charge in [-0.2, -0.15) is 13.2 Å². The standard InChI is InChI=1S/C28H25ClF4N2O6S/c1-3-40-27-25(14-18(15-34-27)28(31,32)33)42(37,38)35-16-19(9-12-26(36)39-2)41-24-11-8-17(13-23(24)35)7-10-20-21(29)5-4-6-22(20)30/h4-8,10-11,13-15,19H,3,9,12,16H2,1-2H3. The van der Waals surface area contributed by atoms with E-state index >= 15 is 0 Å². The number of esters is 1. The van der Waals surface area contributed by atoms with E-state index in [-0.39, 0.29) is 48.0 Å². The molecular formula is C28H25ClF4N2O6S. The molecule has 1 aliphatic rings. The molecule has 8 nitrogen and oxygen atoms in total. The highest BCUT2D eigenvalue weighted by molar-refractivity contribution is 7.93. The fraction of sp³-hybridized carbons (Fsp3) is 0.286. The van der Waals surface area contributed by atoms with Crippen LogP contribution in [0.25, 0.3) is 12.2 Å². The fourth-order valence-electron chi connectivity index (χ4n) is 4.18. The lowest BCUT2D eigenvalue weighted by atomic mass is 10.1. The van der Waals surface area contributed by atoms with Gasteiger partial charge in [-0.3, -0.25) is 9.10 Å². The first-order valence-electron chi connectivity index (χ1n) is 12.6. The molecule has 0 fully saturated rings. The number of fused-ring (bicyclic) bond motifs is 1. The Bertz CT molecular complexity index is 1590. The maximum atomic E-state index is 14.3.